The molecule has 2 aliphatic rings. The van der Waals surface area contributed by atoms with Gasteiger partial charge in [0.05, 0.1) is 17.3 Å². The number of para-hydroxylation sites is 1. The molecule has 0 bridgehead atoms. The minimum absolute atomic E-state index is 0.0437. The highest BCUT2D eigenvalue weighted by atomic mass is 16.6. The fourth-order valence-electron chi connectivity index (χ4n) is 6.28. The predicted molar refractivity (Wildman–Crippen MR) is 173 cm³/mol. The number of aromatic nitrogens is 1. The molecule has 12 heteroatoms. The Hall–Kier alpha value is -4.22. The maximum atomic E-state index is 14.2. The van der Waals surface area contributed by atoms with E-state index >= 15 is 0 Å². The normalized spacial score (nSPS) is 23.3. The maximum absolute atomic E-state index is 14.2. The van der Waals surface area contributed by atoms with Gasteiger partial charge in [-0.1, -0.05) is 52.2 Å². The van der Waals surface area contributed by atoms with E-state index in [0.29, 0.717) is 63.4 Å². The Morgan fingerprint density at radius 3 is 2.43 bits per heavy atom. The topological polar surface area (TPSA) is 156 Å². The van der Waals surface area contributed by atoms with Crippen LogP contribution in [0.4, 0.5) is 0 Å². The van der Waals surface area contributed by atoms with E-state index < -0.39 is 47.3 Å². The van der Waals surface area contributed by atoms with Crippen LogP contribution in [0.1, 0.15) is 96.6 Å². The summed E-state index contributed by atoms with van der Waals surface area (Å²) in [7, 11) is 1.42. The molecule has 2 fully saturated rings. The molecule has 250 valence electrons. The lowest BCUT2D eigenvalue weighted by Crippen LogP contribution is -2.63. The molecule has 2 unspecified atom stereocenters. The number of carbonyl (C=O) groups is 5. The number of pyridine rings is 1. The van der Waals surface area contributed by atoms with Crippen LogP contribution in [0, 0.1) is 5.92 Å². The summed E-state index contributed by atoms with van der Waals surface area (Å²) in [4.78, 5) is 88.6. The maximum Gasteiger partial charge on any atom is 0.248 e. The summed E-state index contributed by atoms with van der Waals surface area (Å²) in [6, 6.07) is 2.50. The van der Waals surface area contributed by atoms with Gasteiger partial charge in [0, 0.05) is 24.8 Å². The first-order valence-corrected chi connectivity index (χ1v) is 16.5. The average Bonchev–Trinajstić information content (AvgIpc) is 3.07. The lowest BCUT2D eigenvalue weighted by molar-refractivity contribution is -0.147. The van der Waals surface area contributed by atoms with Crippen LogP contribution in [0.2, 0.25) is 0 Å². The lowest BCUT2D eigenvalue weighted by atomic mass is 9.93. The van der Waals surface area contributed by atoms with Crippen LogP contribution in [0.3, 0.4) is 0 Å². The number of hydrogen-bond acceptors (Lipinski definition) is 7. The number of carbonyl (C=O) groups excluding carboxylic acids is 5. The molecule has 0 saturated carbocycles. The molecule has 1 aromatic carbocycles. The van der Waals surface area contributed by atoms with Gasteiger partial charge in [0.1, 0.15) is 37.1 Å². The number of unbranched alkanes of at least 4 members (excludes halogenated alkanes) is 2. The number of ketones is 1. The monoisotopic (exact) mass is 637 g/mol. The van der Waals surface area contributed by atoms with Crippen molar-refractivity contribution in [3.8, 4) is 0 Å². The van der Waals surface area contributed by atoms with Crippen LogP contribution >= 0.6 is 0 Å². The third-order valence-electron chi connectivity index (χ3n) is 9.30. The molecule has 2 aliphatic heterocycles. The molecule has 46 heavy (non-hydrogen) atoms. The van der Waals surface area contributed by atoms with Gasteiger partial charge in [-0.05, 0) is 50.2 Å². The molecule has 1 aromatic heterocycles. The van der Waals surface area contributed by atoms with Gasteiger partial charge in [0.2, 0.25) is 23.6 Å². The van der Waals surface area contributed by atoms with E-state index in [1.807, 2.05) is 20.8 Å². The van der Waals surface area contributed by atoms with E-state index in [-0.39, 0.29) is 35.0 Å². The van der Waals surface area contributed by atoms with Crippen molar-refractivity contribution in [2.75, 3.05) is 13.7 Å². The van der Waals surface area contributed by atoms with Gasteiger partial charge in [-0.2, -0.15) is 4.73 Å². The molecule has 2 saturated heterocycles. The van der Waals surface area contributed by atoms with E-state index in [2.05, 4.69) is 16.0 Å². The Labute approximate surface area is 269 Å². The number of benzene rings is 1. The molecule has 2 aromatic rings. The minimum Gasteiger partial charge on any atom is -0.417 e. The second-order valence-electron chi connectivity index (χ2n) is 12.3. The van der Waals surface area contributed by atoms with E-state index in [1.165, 1.54) is 22.9 Å². The Kier molecular flexibility index (Phi) is 11.9. The van der Waals surface area contributed by atoms with Crippen molar-refractivity contribution in [2.24, 2.45) is 5.92 Å². The second kappa shape index (κ2) is 15.9. The van der Waals surface area contributed by atoms with Crippen molar-refractivity contribution in [2.45, 2.75) is 109 Å². The van der Waals surface area contributed by atoms with Crippen LogP contribution in [0.5, 0.6) is 0 Å². The first kappa shape index (κ1) is 34.6. The van der Waals surface area contributed by atoms with Crippen LogP contribution in [0.15, 0.2) is 35.3 Å². The van der Waals surface area contributed by atoms with E-state index in [4.69, 9.17) is 4.84 Å². The zero-order chi connectivity index (χ0) is 33.4. The number of hydrogen-bond donors (Lipinski definition) is 3. The Morgan fingerprint density at radius 1 is 0.957 bits per heavy atom. The summed E-state index contributed by atoms with van der Waals surface area (Å²) >= 11 is 0. The smallest absolute Gasteiger partial charge is 0.248 e. The van der Waals surface area contributed by atoms with Gasteiger partial charge in [-0.3, -0.25) is 28.8 Å². The number of amides is 4. The van der Waals surface area contributed by atoms with Crippen molar-refractivity contribution in [1.82, 2.24) is 25.6 Å². The number of nitrogens with one attached hydrogen (secondary N) is 3. The summed E-state index contributed by atoms with van der Waals surface area (Å²) in [5.41, 5.74) is -0.0351. The third kappa shape index (κ3) is 7.76. The molecule has 0 spiro atoms. The van der Waals surface area contributed by atoms with Gasteiger partial charge in [-0.25, -0.2) is 0 Å². The van der Waals surface area contributed by atoms with Crippen molar-refractivity contribution in [3.63, 3.8) is 0 Å². The first-order valence-electron chi connectivity index (χ1n) is 16.5. The molecule has 4 rings (SSSR count). The lowest BCUT2D eigenvalue weighted by Gasteiger charge is -2.39. The SMILES string of the molecule is CCC(=O)CCCCC[C@@H]1NC(=O)[C@H]2CCCCN2C(=O)C(C(C)CC)NC(=O)[C@H](c2cn(OC)c3ccccc3c2=O)NC1=O. The number of nitrogens with zero attached hydrogens (tertiary/aromatic N) is 2. The Bertz CT molecular complexity index is 1500. The van der Waals surface area contributed by atoms with Gasteiger partial charge in [-0.15, -0.1) is 0 Å². The molecule has 0 radical (unpaired) electrons. The zero-order valence-electron chi connectivity index (χ0n) is 27.3. The van der Waals surface area contributed by atoms with Gasteiger partial charge in [0.25, 0.3) is 0 Å². The van der Waals surface area contributed by atoms with Crippen LogP contribution in [-0.4, -0.2) is 70.8 Å². The molecular weight excluding hydrogens is 590 g/mol. The number of rotatable bonds is 11. The molecule has 3 heterocycles. The fraction of sp³-hybridized carbons (Fsp3) is 0.588. The highest BCUT2D eigenvalue weighted by Crippen LogP contribution is 2.24. The quantitative estimate of drug-likeness (QED) is 0.320. The van der Waals surface area contributed by atoms with Gasteiger partial charge < -0.3 is 25.7 Å². The van der Waals surface area contributed by atoms with Crippen LogP contribution in [-0.2, 0) is 24.0 Å². The fourth-order valence-corrected chi connectivity index (χ4v) is 6.28. The molecule has 12 nitrogen and oxygen atoms in total. The van der Waals surface area contributed by atoms with Crippen molar-refractivity contribution < 1.29 is 28.8 Å². The van der Waals surface area contributed by atoms with E-state index in [0.717, 1.165) is 6.42 Å². The Morgan fingerprint density at radius 2 is 1.72 bits per heavy atom. The first-order chi connectivity index (χ1) is 22.1. The molecular formula is C34H47N5O7. The van der Waals surface area contributed by atoms with Crippen LogP contribution < -0.4 is 26.2 Å². The average molecular weight is 638 g/mol. The summed E-state index contributed by atoms with van der Waals surface area (Å²) < 4.78 is 1.36. The molecule has 5 atom stereocenters. The Balaban J connectivity index is 1.76. The third-order valence-corrected chi connectivity index (χ3v) is 9.30. The summed E-state index contributed by atoms with van der Waals surface area (Å²) in [5.74, 6) is -2.24. The minimum atomic E-state index is -1.48. The zero-order valence-corrected chi connectivity index (χ0v) is 27.3. The highest BCUT2D eigenvalue weighted by molar-refractivity contribution is 5.98. The summed E-state index contributed by atoms with van der Waals surface area (Å²) in [5, 5.41) is 8.77. The van der Waals surface area contributed by atoms with Gasteiger partial charge in [0.15, 0.2) is 5.43 Å². The molecule has 4 amide bonds. The largest absolute Gasteiger partial charge is 0.417 e. The summed E-state index contributed by atoms with van der Waals surface area (Å²) in [6.07, 6.45) is 6.90. The number of Topliss-reactive ketones (excluding diaryl/α,β-unsaturated/α-hetero) is 1. The highest BCUT2D eigenvalue weighted by Gasteiger charge is 2.41. The van der Waals surface area contributed by atoms with Crippen molar-refractivity contribution in [3.05, 3.63) is 46.2 Å². The predicted octanol–water partition coefficient (Wildman–Crippen LogP) is 2.56. The van der Waals surface area contributed by atoms with E-state index in [9.17, 15) is 28.8 Å². The van der Waals surface area contributed by atoms with Crippen molar-refractivity contribution in [1.29, 1.82) is 0 Å². The standard InChI is InChI=1S/C34H47N5O7/c1-5-21(3)28-34(45)38-19-13-12-18-27(38)32(43)35-25(16-9-7-8-14-22(40)6-2)31(42)37-29(33(44)36-28)24-20-39(46-4)26-17-11-10-15-23(26)30(24)41/h10-11,15,17,20-21,25,27-29H,5-9,12-14,16,18-19H2,1-4H3,(H,35,43)(H,36,44)(H,37,42)/t21?,25-,27+,28?,29-/m0/s1. The number of piperidine rings is 1. The number of fused-ring (bicyclic) bond motifs is 2. The molecule has 0 aliphatic carbocycles. The van der Waals surface area contributed by atoms with Crippen molar-refractivity contribution >= 4 is 40.3 Å². The van der Waals surface area contributed by atoms with E-state index in [1.54, 1.807) is 24.3 Å². The molecule has 3 N–H and O–H groups in total. The second-order valence-corrected chi connectivity index (χ2v) is 12.3. The summed E-state index contributed by atoms with van der Waals surface area (Å²) in [6.45, 7) is 5.93. The van der Waals surface area contributed by atoms with Crippen LogP contribution in [0.25, 0.3) is 10.9 Å². The van der Waals surface area contributed by atoms with Gasteiger partial charge >= 0.3 is 0 Å².